The second kappa shape index (κ2) is 6.68. The lowest BCUT2D eigenvalue weighted by molar-refractivity contribution is -0.117. The lowest BCUT2D eigenvalue weighted by Crippen LogP contribution is -2.40. The highest BCUT2D eigenvalue weighted by Crippen LogP contribution is 2.26. The number of aromatic amines is 1. The molecule has 1 aliphatic heterocycles. The van der Waals surface area contributed by atoms with Crippen molar-refractivity contribution in [1.82, 2.24) is 20.0 Å². The highest BCUT2D eigenvalue weighted by atomic mass is 16.5. The molecule has 0 saturated carbocycles. The Morgan fingerprint density at radius 1 is 1.44 bits per heavy atom. The monoisotopic (exact) mass is 339 g/mol. The molecule has 0 spiro atoms. The summed E-state index contributed by atoms with van der Waals surface area (Å²) < 4.78 is 5.03. The van der Waals surface area contributed by atoms with E-state index in [2.05, 4.69) is 20.4 Å². The number of fused-ring (bicyclic) bond motifs is 1. The first kappa shape index (κ1) is 15.8. The summed E-state index contributed by atoms with van der Waals surface area (Å²) in [5.74, 6) is 1.65. The molecule has 2 aromatic heterocycles. The molecule has 3 aromatic rings. The van der Waals surface area contributed by atoms with Crippen molar-refractivity contribution < 1.29 is 9.32 Å². The molecule has 1 amide bonds. The van der Waals surface area contributed by atoms with E-state index in [-0.39, 0.29) is 5.91 Å². The second-order valence-electron chi connectivity index (χ2n) is 6.59. The number of imidazole rings is 1. The standard InChI is InChI=1S/C18H21N5O2/c1-12-9-17(25-22-12)21-16(24)11-23-8-4-5-13(10-23)18-19-14-6-2-3-7-15(14)20-18/h2-3,6-7,9,13H,4-5,8,10-11H2,1H3,(H,19,20)(H,21,24). The minimum Gasteiger partial charge on any atom is -0.342 e. The summed E-state index contributed by atoms with van der Waals surface area (Å²) in [5, 5.41) is 6.53. The molecule has 3 heterocycles. The number of carbonyl (C=O) groups excluding carboxylic acids is 1. The van der Waals surface area contributed by atoms with Gasteiger partial charge in [-0.3, -0.25) is 15.0 Å². The highest BCUT2D eigenvalue weighted by Gasteiger charge is 2.25. The van der Waals surface area contributed by atoms with Gasteiger partial charge >= 0.3 is 0 Å². The van der Waals surface area contributed by atoms with Crippen LogP contribution in [0.25, 0.3) is 11.0 Å². The maximum Gasteiger partial charge on any atom is 0.240 e. The first-order valence-corrected chi connectivity index (χ1v) is 8.57. The summed E-state index contributed by atoms with van der Waals surface area (Å²) in [6.45, 7) is 3.90. The van der Waals surface area contributed by atoms with Crippen molar-refractivity contribution in [3.63, 3.8) is 0 Å². The molecule has 1 saturated heterocycles. The Labute approximate surface area is 145 Å². The van der Waals surface area contributed by atoms with E-state index in [9.17, 15) is 4.79 Å². The predicted molar refractivity (Wildman–Crippen MR) is 94.4 cm³/mol. The van der Waals surface area contributed by atoms with Crippen LogP contribution in [0.3, 0.4) is 0 Å². The molecule has 1 atom stereocenters. The predicted octanol–water partition coefficient (Wildman–Crippen LogP) is 2.68. The van der Waals surface area contributed by atoms with Crippen LogP contribution >= 0.6 is 0 Å². The molecule has 1 fully saturated rings. The van der Waals surface area contributed by atoms with Crippen LogP contribution in [0.1, 0.15) is 30.3 Å². The number of hydrogen-bond donors (Lipinski definition) is 2. The van der Waals surface area contributed by atoms with E-state index in [0.717, 1.165) is 48.5 Å². The normalized spacial score (nSPS) is 18.5. The molecule has 7 heteroatoms. The second-order valence-corrected chi connectivity index (χ2v) is 6.59. The number of likely N-dealkylation sites (tertiary alicyclic amines) is 1. The zero-order valence-corrected chi connectivity index (χ0v) is 14.2. The van der Waals surface area contributed by atoms with Gasteiger partial charge in [-0.25, -0.2) is 4.98 Å². The number of nitrogens with one attached hydrogen (secondary N) is 2. The van der Waals surface area contributed by atoms with Gasteiger partial charge in [0.25, 0.3) is 0 Å². The molecule has 2 N–H and O–H groups in total. The molecule has 1 unspecified atom stereocenters. The molecular formula is C18H21N5O2. The zero-order valence-electron chi connectivity index (χ0n) is 14.2. The molecule has 130 valence electrons. The lowest BCUT2D eigenvalue weighted by Gasteiger charge is -2.31. The SMILES string of the molecule is Cc1cc(NC(=O)CN2CCCC(c3nc4ccccc4[nH]3)C2)on1. The van der Waals surface area contributed by atoms with Gasteiger partial charge in [-0.1, -0.05) is 17.3 Å². The fraction of sp³-hybridized carbons (Fsp3) is 0.389. The van der Waals surface area contributed by atoms with E-state index in [0.29, 0.717) is 18.3 Å². The van der Waals surface area contributed by atoms with Crippen LogP contribution in [0.2, 0.25) is 0 Å². The number of anilines is 1. The number of amides is 1. The van der Waals surface area contributed by atoms with Crippen LogP contribution in [0.5, 0.6) is 0 Å². The maximum absolute atomic E-state index is 12.2. The Hall–Kier alpha value is -2.67. The maximum atomic E-state index is 12.2. The van der Waals surface area contributed by atoms with Crippen LogP contribution < -0.4 is 5.32 Å². The van der Waals surface area contributed by atoms with Crippen molar-refractivity contribution in [2.24, 2.45) is 0 Å². The number of piperidine rings is 1. The number of rotatable bonds is 4. The number of aromatic nitrogens is 3. The highest BCUT2D eigenvalue weighted by molar-refractivity contribution is 5.91. The number of para-hydroxylation sites is 2. The van der Waals surface area contributed by atoms with Crippen LogP contribution in [-0.2, 0) is 4.79 Å². The quantitative estimate of drug-likeness (QED) is 0.763. The van der Waals surface area contributed by atoms with Crippen molar-refractivity contribution in [2.75, 3.05) is 25.0 Å². The number of aryl methyl sites for hydroxylation is 1. The van der Waals surface area contributed by atoms with Gasteiger partial charge in [0.1, 0.15) is 5.82 Å². The van der Waals surface area contributed by atoms with Crippen molar-refractivity contribution in [3.05, 3.63) is 41.9 Å². The molecule has 25 heavy (non-hydrogen) atoms. The minimum atomic E-state index is -0.0820. The molecule has 1 aliphatic rings. The Balaban J connectivity index is 1.39. The number of H-pyrrole nitrogens is 1. The van der Waals surface area contributed by atoms with Gasteiger partial charge in [-0.15, -0.1) is 0 Å². The van der Waals surface area contributed by atoms with Crippen molar-refractivity contribution in [1.29, 1.82) is 0 Å². The smallest absolute Gasteiger partial charge is 0.240 e. The summed E-state index contributed by atoms with van der Waals surface area (Å²) >= 11 is 0. The van der Waals surface area contributed by atoms with Crippen LogP contribution in [0.4, 0.5) is 5.88 Å². The molecule has 0 bridgehead atoms. The fourth-order valence-electron chi connectivity index (χ4n) is 3.39. The van der Waals surface area contributed by atoms with Gasteiger partial charge in [0.05, 0.1) is 23.3 Å². The average Bonchev–Trinajstić information content (AvgIpc) is 3.21. The summed E-state index contributed by atoms with van der Waals surface area (Å²) in [7, 11) is 0. The topological polar surface area (TPSA) is 87.0 Å². The van der Waals surface area contributed by atoms with Gasteiger partial charge in [-0.2, -0.15) is 0 Å². The van der Waals surface area contributed by atoms with Crippen molar-refractivity contribution >= 4 is 22.8 Å². The van der Waals surface area contributed by atoms with Crippen molar-refractivity contribution in [3.8, 4) is 0 Å². The van der Waals surface area contributed by atoms with E-state index in [1.165, 1.54) is 0 Å². The number of carbonyl (C=O) groups is 1. The zero-order chi connectivity index (χ0) is 17.2. The average molecular weight is 339 g/mol. The van der Waals surface area contributed by atoms with E-state index in [1.54, 1.807) is 6.07 Å². The summed E-state index contributed by atoms with van der Waals surface area (Å²) in [6, 6.07) is 9.77. The third kappa shape index (κ3) is 3.56. The minimum absolute atomic E-state index is 0.0820. The summed E-state index contributed by atoms with van der Waals surface area (Å²) in [5.41, 5.74) is 2.80. The Bertz CT molecular complexity index is 851. The molecule has 4 rings (SSSR count). The van der Waals surface area contributed by atoms with E-state index in [4.69, 9.17) is 9.51 Å². The van der Waals surface area contributed by atoms with Gasteiger partial charge in [-0.05, 0) is 38.4 Å². The van der Waals surface area contributed by atoms with E-state index in [1.807, 2.05) is 31.2 Å². The van der Waals surface area contributed by atoms with Gasteiger partial charge in [0, 0.05) is 18.5 Å². The van der Waals surface area contributed by atoms with Crippen LogP contribution in [0, 0.1) is 6.92 Å². The van der Waals surface area contributed by atoms with Gasteiger partial charge in [0.15, 0.2) is 0 Å². The van der Waals surface area contributed by atoms with Crippen LogP contribution in [-0.4, -0.2) is 45.6 Å². The fourth-order valence-corrected chi connectivity index (χ4v) is 3.39. The van der Waals surface area contributed by atoms with Gasteiger partial charge < -0.3 is 9.51 Å². The van der Waals surface area contributed by atoms with Gasteiger partial charge in [0.2, 0.25) is 11.8 Å². The van der Waals surface area contributed by atoms with Crippen LogP contribution in [0.15, 0.2) is 34.9 Å². The first-order valence-electron chi connectivity index (χ1n) is 8.57. The number of nitrogens with zero attached hydrogens (tertiary/aromatic N) is 3. The van der Waals surface area contributed by atoms with E-state index < -0.39 is 0 Å². The number of benzene rings is 1. The third-order valence-corrected chi connectivity index (χ3v) is 4.56. The largest absolute Gasteiger partial charge is 0.342 e. The molecule has 0 aliphatic carbocycles. The Morgan fingerprint density at radius 2 is 2.32 bits per heavy atom. The molecule has 0 radical (unpaired) electrons. The molecule has 7 nitrogen and oxygen atoms in total. The Morgan fingerprint density at radius 3 is 3.12 bits per heavy atom. The third-order valence-electron chi connectivity index (χ3n) is 4.56. The molecular weight excluding hydrogens is 318 g/mol. The number of hydrogen-bond acceptors (Lipinski definition) is 5. The Kier molecular flexibility index (Phi) is 4.23. The summed E-state index contributed by atoms with van der Waals surface area (Å²) in [4.78, 5) is 22.5. The van der Waals surface area contributed by atoms with E-state index >= 15 is 0 Å². The molecule has 1 aromatic carbocycles. The van der Waals surface area contributed by atoms with Crippen molar-refractivity contribution in [2.45, 2.75) is 25.7 Å². The summed E-state index contributed by atoms with van der Waals surface area (Å²) in [6.07, 6.45) is 2.13. The lowest BCUT2D eigenvalue weighted by atomic mass is 9.97. The first-order chi connectivity index (χ1) is 12.2.